The van der Waals surface area contributed by atoms with E-state index in [-0.39, 0.29) is 11.8 Å². The molecule has 0 unspecified atom stereocenters. The maximum absolute atomic E-state index is 11.7. The smallest absolute Gasteiger partial charge is 0.339 e. The molecule has 4 heteroatoms. The van der Waals surface area contributed by atoms with Gasteiger partial charge in [0, 0.05) is 15.4 Å². The third-order valence-electron chi connectivity index (χ3n) is 2.78. The molecule has 0 aliphatic rings. The summed E-state index contributed by atoms with van der Waals surface area (Å²) in [5.41, 5.74) is 1.15. The van der Waals surface area contributed by atoms with E-state index in [0.29, 0.717) is 11.1 Å². The van der Waals surface area contributed by atoms with Crippen LogP contribution in [0.15, 0.2) is 58.3 Å². The van der Waals surface area contributed by atoms with Crippen molar-refractivity contribution in [2.75, 3.05) is 7.11 Å². The van der Waals surface area contributed by atoms with Crippen LogP contribution in [0.4, 0.5) is 0 Å². The summed E-state index contributed by atoms with van der Waals surface area (Å²) in [6.07, 6.45) is 0. The van der Waals surface area contributed by atoms with Crippen LogP contribution in [-0.4, -0.2) is 18.9 Å². The fraction of sp³-hybridized carbons (Fsp3) is 0.125. The predicted molar refractivity (Wildman–Crippen MR) is 78.4 cm³/mol. The van der Waals surface area contributed by atoms with Gasteiger partial charge in [-0.15, -0.1) is 0 Å². The molecule has 0 radical (unpaired) electrons. The van der Waals surface area contributed by atoms with Gasteiger partial charge < -0.3 is 4.74 Å². The van der Waals surface area contributed by atoms with Gasteiger partial charge >= 0.3 is 5.97 Å². The molecular formula is C16H14O3S. The Hall–Kier alpha value is -2.07. The van der Waals surface area contributed by atoms with E-state index in [0.717, 1.165) is 9.79 Å². The molecule has 0 saturated heterocycles. The van der Waals surface area contributed by atoms with Crippen molar-refractivity contribution in [1.29, 1.82) is 0 Å². The molecular weight excluding hydrogens is 272 g/mol. The van der Waals surface area contributed by atoms with Crippen LogP contribution >= 0.6 is 11.8 Å². The maximum Gasteiger partial charge on any atom is 0.339 e. The molecule has 2 aromatic rings. The van der Waals surface area contributed by atoms with Crippen molar-refractivity contribution in [3.05, 3.63) is 59.7 Å². The Kier molecular flexibility index (Phi) is 4.58. The molecule has 20 heavy (non-hydrogen) atoms. The van der Waals surface area contributed by atoms with Gasteiger partial charge in [0.15, 0.2) is 5.78 Å². The first-order valence-corrected chi connectivity index (χ1v) is 6.90. The highest BCUT2D eigenvalue weighted by atomic mass is 32.2. The van der Waals surface area contributed by atoms with Crippen LogP contribution in [0.1, 0.15) is 27.6 Å². The van der Waals surface area contributed by atoms with E-state index in [1.807, 2.05) is 30.3 Å². The summed E-state index contributed by atoms with van der Waals surface area (Å²) >= 11 is 1.39. The highest BCUT2D eigenvalue weighted by molar-refractivity contribution is 7.99. The third kappa shape index (κ3) is 3.08. The Morgan fingerprint density at radius 2 is 1.40 bits per heavy atom. The number of esters is 1. The number of carbonyl (C=O) groups is 2. The number of ether oxygens (including phenoxy) is 1. The lowest BCUT2D eigenvalue weighted by Gasteiger charge is -2.09. The van der Waals surface area contributed by atoms with Crippen molar-refractivity contribution in [3.8, 4) is 0 Å². The third-order valence-corrected chi connectivity index (χ3v) is 3.93. The van der Waals surface area contributed by atoms with Crippen molar-refractivity contribution < 1.29 is 14.3 Å². The fourth-order valence-corrected chi connectivity index (χ4v) is 2.91. The molecule has 0 fully saturated rings. The van der Waals surface area contributed by atoms with E-state index in [4.69, 9.17) is 4.74 Å². The SMILES string of the molecule is COC(=O)c1ccccc1Sc1ccccc1C(C)=O. The first kappa shape index (κ1) is 14.3. The first-order valence-electron chi connectivity index (χ1n) is 6.08. The molecule has 102 valence electrons. The van der Waals surface area contributed by atoms with Gasteiger partial charge in [0.2, 0.25) is 0 Å². The average Bonchev–Trinajstić information content (AvgIpc) is 2.47. The monoisotopic (exact) mass is 286 g/mol. The summed E-state index contributed by atoms with van der Waals surface area (Å²) in [4.78, 5) is 25.0. The molecule has 2 rings (SSSR count). The molecule has 3 nitrogen and oxygen atoms in total. The zero-order chi connectivity index (χ0) is 14.5. The molecule has 0 bridgehead atoms. The Morgan fingerprint density at radius 1 is 0.900 bits per heavy atom. The van der Waals surface area contributed by atoms with Gasteiger partial charge in [-0.25, -0.2) is 4.79 Å². The van der Waals surface area contributed by atoms with Crippen molar-refractivity contribution in [3.63, 3.8) is 0 Å². The number of benzene rings is 2. The van der Waals surface area contributed by atoms with Crippen LogP contribution in [-0.2, 0) is 4.74 Å². The Morgan fingerprint density at radius 3 is 1.95 bits per heavy atom. The second-order valence-electron chi connectivity index (χ2n) is 4.14. The average molecular weight is 286 g/mol. The molecule has 0 amide bonds. The summed E-state index contributed by atoms with van der Waals surface area (Å²) in [5, 5.41) is 0. The molecule has 2 aromatic carbocycles. The van der Waals surface area contributed by atoms with E-state index >= 15 is 0 Å². The number of carbonyl (C=O) groups excluding carboxylic acids is 2. The molecule has 0 spiro atoms. The zero-order valence-electron chi connectivity index (χ0n) is 11.3. The fourth-order valence-electron chi connectivity index (χ4n) is 1.80. The van der Waals surface area contributed by atoms with Crippen LogP contribution in [0, 0.1) is 0 Å². The van der Waals surface area contributed by atoms with Crippen LogP contribution in [0.3, 0.4) is 0 Å². The number of methoxy groups -OCH3 is 1. The van der Waals surface area contributed by atoms with Crippen LogP contribution in [0.5, 0.6) is 0 Å². The molecule has 0 aromatic heterocycles. The van der Waals surface area contributed by atoms with Gasteiger partial charge in [0.1, 0.15) is 0 Å². The number of ketones is 1. The summed E-state index contributed by atoms with van der Waals surface area (Å²) in [6.45, 7) is 1.53. The predicted octanol–water partition coefficient (Wildman–Crippen LogP) is 3.83. The number of Topliss-reactive ketones (excluding diaryl/α,β-unsaturated/α-hetero) is 1. The summed E-state index contributed by atoms with van der Waals surface area (Å²) in [7, 11) is 1.35. The highest BCUT2D eigenvalue weighted by Crippen LogP contribution is 2.33. The first-order chi connectivity index (χ1) is 9.63. The minimum absolute atomic E-state index is 0.00338. The van der Waals surface area contributed by atoms with E-state index in [2.05, 4.69) is 0 Å². The van der Waals surface area contributed by atoms with Crippen LogP contribution < -0.4 is 0 Å². The lowest BCUT2D eigenvalue weighted by molar-refractivity contribution is 0.0596. The maximum atomic E-state index is 11.7. The minimum atomic E-state index is -0.381. The van der Waals surface area contributed by atoms with Crippen molar-refractivity contribution in [2.45, 2.75) is 16.7 Å². The quantitative estimate of drug-likeness (QED) is 0.633. The second kappa shape index (κ2) is 6.39. The Balaban J connectivity index is 2.41. The molecule has 0 saturated carbocycles. The topological polar surface area (TPSA) is 43.4 Å². The number of hydrogen-bond acceptors (Lipinski definition) is 4. The molecule has 0 atom stereocenters. The Bertz CT molecular complexity index is 650. The van der Waals surface area contributed by atoms with E-state index < -0.39 is 0 Å². The van der Waals surface area contributed by atoms with Crippen molar-refractivity contribution >= 4 is 23.5 Å². The highest BCUT2D eigenvalue weighted by Gasteiger charge is 2.14. The lowest BCUT2D eigenvalue weighted by atomic mass is 10.1. The zero-order valence-corrected chi connectivity index (χ0v) is 12.1. The molecule has 0 aliphatic heterocycles. The van der Waals surface area contributed by atoms with E-state index in [1.54, 1.807) is 18.2 Å². The molecule has 0 heterocycles. The van der Waals surface area contributed by atoms with E-state index in [1.165, 1.54) is 25.8 Å². The van der Waals surface area contributed by atoms with Crippen molar-refractivity contribution in [2.24, 2.45) is 0 Å². The normalized spacial score (nSPS) is 10.1. The largest absolute Gasteiger partial charge is 0.465 e. The standard InChI is InChI=1S/C16H14O3S/c1-11(17)12-7-3-5-9-14(12)20-15-10-6-4-8-13(15)16(18)19-2/h3-10H,1-2H3. The summed E-state index contributed by atoms with van der Waals surface area (Å²) in [5.74, 6) is -0.378. The van der Waals surface area contributed by atoms with E-state index in [9.17, 15) is 9.59 Å². The second-order valence-corrected chi connectivity index (χ2v) is 5.23. The van der Waals surface area contributed by atoms with Gasteiger partial charge in [0.05, 0.1) is 12.7 Å². The Labute approximate surface area is 122 Å². The van der Waals surface area contributed by atoms with Crippen molar-refractivity contribution in [1.82, 2.24) is 0 Å². The number of rotatable bonds is 4. The lowest BCUT2D eigenvalue weighted by Crippen LogP contribution is -2.03. The van der Waals surface area contributed by atoms with Crippen LogP contribution in [0.2, 0.25) is 0 Å². The number of hydrogen-bond donors (Lipinski definition) is 0. The molecule has 0 aliphatic carbocycles. The van der Waals surface area contributed by atoms with Gasteiger partial charge in [0.25, 0.3) is 0 Å². The summed E-state index contributed by atoms with van der Waals surface area (Å²) in [6, 6.07) is 14.5. The van der Waals surface area contributed by atoms with Gasteiger partial charge in [-0.05, 0) is 25.1 Å². The van der Waals surface area contributed by atoms with Gasteiger partial charge in [-0.1, -0.05) is 42.1 Å². The minimum Gasteiger partial charge on any atom is -0.465 e. The van der Waals surface area contributed by atoms with Gasteiger partial charge in [-0.2, -0.15) is 0 Å². The summed E-state index contributed by atoms with van der Waals surface area (Å²) < 4.78 is 4.77. The van der Waals surface area contributed by atoms with Gasteiger partial charge in [-0.3, -0.25) is 4.79 Å². The molecule has 0 N–H and O–H groups in total. The van der Waals surface area contributed by atoms with Crippen LogP contribution in [0.25, 0.3) is 0 Å².